The summed E-state index contributed by atoms with van der Waals surface area (Å²) in [5.74, 6) is 0.313. The Balaban J connectivity index is 1.67. The fraction of sp³-hybridized carbons (Fsp3) is 0.0909. The predicted molar refractivity (Wildman–Crippen MR) is 129 cm³/mol. The van der Waals surface area contributed by atoms with Crippen LogP contribution in [0.3, 0.4) is 0 Å². The number of carbonyl (C=O) groups is 1. The molecule has 0 aromatic heterocycles. The maximum absolute atomic E-state index is 12.3. The van der Waals surface area contributed by atoms with Crippen molar-refractivity contribution in [2.24, 2.45) is 0 Å². The molecular weight excluding hydrogens is 509 g/mol. The van der Waals surface area contributed by atoms with Gasteiger partial charge in [0.15, 0.2) is 9.84 Å². The van der Waals surface area contributed by atoms with Crippen LogP contribution in [0.25, 0.3) is 0 Å². The van der Waals surface area contributed by atoms with E-state index < -0.39 is 15.7 Å². The molecule has 0 fully saturated rings. The van der Waals surface area contributed by atoms with Gasteiger partial charge in [-0.05, 0) is 48.5 Å². The molecule has 2 N–H and O–H groups in total. The number of carbonyl (C=O) groups excluding carboxylic acids is 1. The third-order valence-corrected chi connectivity index (χ3v) is 6.06. The lowest BCUT2D eigenvalue weighted by Crippen LogP contribution is -2.22. The minimum absolute atomic E-state index is 0.0525. The van der Waals surface area contributed by atoms with Crippen LogP contribution < -0.4 is 15.4 Å². The molecular formula is C22H16Cl3N3O4S. The Labute approximate surface area is 205 Å². The Morgan fingerprint density at radius 2 is 1.67 bits per heavy atom. The van der Waals surface area contributed by atoms with Gasteiger partial charge in [0.2, 0.25) is 5.91 Å². The predicted octanol–water partition coefficient (Wildman–Crippen LogP) is 5.76. The summed E-state index contributed by atoms with van der Waals surface area (Å²) in [7, 11) is -3.41. The first-order valence-electron chi connectivity index (χ1n) is 9.26. The molecule has 0 aliphatic carbocycles. The number of nitrogens with zero attached hydrogens (tertiary/aromatic N) is 1. The highest BCUT2D eigenvalue weighted by Crippen LogP contribution is 2.31. The Kier molecular flexibility index (Phi) is 7.72. The molecule has 0 bridgehead atoms. The first-order valence-corrected chi connectivity index (χ1v) is 12.3. The van der Waals surface area contributed by atoms with Crippen LogP contribution in [0, 0.1) is 11.3 Å². The van der Waals surface area contributed by atoms with Crippen molar-refractivity contribution in [2.75, 3.05) is 23.4 Å². The van der Waals surface area contributed by atoms with E-state index in [0.717, 1.165) is 6.26 Å². The number of hydrogen-bond donors (Lipinski definition) is 2. The summed E-state index contributed by atoms with van der Waals surface area (Å²) in [6.45, 7) is -0.125. The molecule has 3 rings (SSSR count). The third kappa shape index (κ3) is 7.01. The maximum Gasteiger partial charge on any atom is 0.243 e. The van der Waals surface area contributed by atoms with Crippen molar-refractivity contribution in [3.05, 3.63) is 75.2 Å². The van der Waals surface area contributed by atoms with E-state index in [1.54, 1.807) is 24.3 Å². The monoisotopic (exact) mass is 523 g/mol. The number of rotatable bonds is 7. The summed E-state index contributed by atoms with van der Waals surface area (Å²) in [6.07, 6.45) is 1.07. The van der Waals surface area contributed by atoms with Crippen LogP contribution in [-0.4, -0.2) is 27.1 Å². The second-order valence-electron chi connectivity index (χ2n) is 6.88. The number of nitriles is 1. The lowest BCUT2D eigenvalue weighted by Gasteiger charge is -2.12. The van der Waals surface area contributed by atoms with E-state index in [0.29, 0.717) is 32.8 Å². The quantitative estimate of drug-likeness (QED) is 0.406. The topological polar surface area (TPSA) is 108 Å². The van der Waals surface area contributed by atoms with Crippen molar-refractivity contribution < 1.29 is 17.9 Å². The van der Waals surface area contributed by atoms with Crippen LogP contribution in [0.4, 0.5) is 11.4 Å². The average Bonchev–Trinajstić information content (AvgIpc) is 2.72. The highest BCUT2D eigenvalue weighted by atomic mass is 35.5. The van der Waals surface area contributed by atoms with Gasteiger partial charge in [0.25, 0.3) is 0 Å². The van der Waals surface area contributed by atoms with Crippen LogP contribution >= 0.6 is 34.8 Å². The van der Waals surface area contributed by atoms with Crippen LogP contribution in [0.1, 0.15) is 5.56 Å². The van der Waals surface area contributed by atoms with Gasteiger partial charge in [-0.25, -0.2) is 8.42 Å². The number of benzene rings is 3. The van der Waals surface area contributed by atoms with Crippen molar-refractivity contribution in [1.82, 2.24) is 0 Å². The van der Waals surface area contributed by atoms with Crippen LogP contribution in [-0.2, 0) is 14.6 Å². The van der Waals surface area contributed by atoms with Gasteiger partial charge in [-0.15, -0.1) is 0 Å². The minimum atomic E-state index is -3.41. The van der Waals surface area contributed by atoms with Gasteiger partial charge in [-0.3, -0.25) is 4.79 Å². The molecule has 0 saturated carbocycles. The fourth-order valence-electron chi connectivity index (χ4n) is 2.75. The highest BCUT2D eigenvalue weighted by molar-refractivity contribution is 7.90. The van der Waals surface area contributed by atoms with E-state index in [2.05, 4.69) is 10.6 Å². The standard InChI is InChI=1S/C22H16Cl3N3O4S/c1-33(30,31)19-2-3-21(20(25)10-19)28-22(29)12-27-16-6-15(24)8-18(9-16)32-17-5-13(11-26)4-14(23)7-17/h2-10,27H,12H2,1H3,(H,28,29). The largest absolute Gasteiger partial charge is 0.457 e. The number of halogens is 3. The van der Waals surface area contributed by atoms with Gasteiger partial charge in [0, 0.05) is 28.1 Å². The number of nitrogens with one attached hydrogen (secondary N) is 2. The molecule has 0 aliphatic rings. The van der Waals surface area contributed by atoms with E-state index >= 15 is 0 Å². The molecule has 0 radical (unpaired) electrons. The van der Waals surface area contributed by atoms with Crippen molar-refractivity contribution in [3.8, 4) is 17.6 Å². The van der Waals surface area contributed by atoms with E-state index in [-0.39, 0.29) is 22.2 Å². The molecule has 33 heavy (non-hydrogen) atoms. The van der Waals surface area contributed by atoms with E-state index in [1.165, 1.54) is 30.3 Å². The molecule has 170 valence electrons. The summed E-state index contributed by atoms with van der Waals surface area (Å²) >= 11 is 18.2. The summed E-state index contributed by atoms with van der Waals surface area (Å²) in [5, 5.41) is 15.4. The molecule has 0 atom stereocenters. The third-order valence-electron chi connectivity index (χ3n) is 4.20. The second-order valence-corrected chi connectivity index (χ2v) is 10.2. The van der Waals surface area contributed by atoms with Crippen LogP contribution in [0.15, 0.2) is 59.5 Å². The van der Waals surface area contributed by atoms with E-state index in [9.17, 15) is 13.2 Å². The Morgan fingerprint density at radius 1 is 1.00 bits per heavy atom. The van der Waals surface area contributed by atoms with Gasteiger partial charge in [0.1, 0.15) is 11.5 Å². The zero-order chi connectivity index (χ0) is 24.2. The van der Waals surface area contributed by atoms with Gasteiger partial charge in [-0.2, -0.15) is 5.26 Å². The molecule has 0 spiro atoms. The Hall–Kier alpha value is -2.96. The van der Waals surface area contributed by atoms with E-state index in [1.807, 2.05) is 6.07 Å². The average molecular weight is 525 g/mol. The highest BCUT2D eigenvalue weighted by Gasteiger charge is 2.12. The van der Waals surface area contributed by atoms with Crippen molar-refractivity contribution in [2.45, 2.75) is 4.90 Å². The summed E-state index contributed by atoms with van der Waals surface area (Å²) in [6, 6.07) is 15.5. The molecule has 3 aromatic carbocycles. The Morgan fingerprint density at radius 3 is 2.30 bits per heavy atom. The molecule has 0 unspecified atom stereocenters. The number of anilines is 2. The number of hydrogen-bond acceptors (Lipinski definition) is 6. The zero-order valence-corrected chi connectivity index (χ0v) is 20.1. The van der Waals surface area contributed by atoms with Gasteiger partial charge < -0.3 is 15.4 Å². The molecule has 1 amide bonds. The molecule has 0 saturated heterocycles. The first kappa shape index (κ1) is 24.7. The summed E-state index contributed by atoms with van der Waals surface area (Å²) < 4.78 is 29.0. The number of ether oxygens (including phenoxy) is 1. The molecule has 0 aliphatic heterocycles. The lowest BCUT2D eigenvalue weighted by atomic mass is 10.2. The second kappa shape index (κ2) is 10.3. The Bertz CT molecular complexity index is 1370. The fourth-order valence-corrected chi connectivity index (χ4v) is 4.14. The minimum Gasteiger partial charge on any atom is -0.457 e. The molecule has 7 nitrogen and oxygen atoms in total. The summed E-state index contributed by atoms with van der Waals surface area (Å²) in [5.41, 5.74) is 1.13. The lowest BCUT2D eigenvalue weighted by molar-refractivity contribution is -0.114. The van der Waals surface area contributed by atoms with Crippen molar-refractivity contribution in [1.29, 1.82) is 5.26 Å². The van der Waals surface area contributed by atoms with Gasteiger partial charge >= 0.3 is 0 Å². The van der Waals surface area contributed by atoms with Gasteiger partial charge in [0.05, 0.1) is 33.8 Å². The molecule has 11 heteroatoms. The summed E-state index contributed by atoms with van der Waals surface area (Å²) in [4.78, 5) is 12.4. The van der Waals surface area contributed by atoms with E-state index in [4.69, 9.17) is 44.8 Å². The first-order chi connectivity index (χ1) is 15.5. The smallest absolute Gasteiger partial charge is 0.243 e. The molecule has 3 aromatic rings. The normalized spacial score (nSPS) is 10.9. The maximum atomic E-state index is 12.3. The van der Waals surface area contributed by atoms with Crippen LogP contribution in [0.2, 0.25) is 15.1 Å². The van der Waals surface area contributed by atoms with Crippen molar-refractivity contribution in [3.63, 3.8) is 0 Å². The van der Waals surface area contributed by atoms with Gasteiger partial charge in [-0.1, -0.05) is 34.8 Å². The number of sulfone groups is 1. The SMILES string of the molecule is CS(=O)(=O)c1ccc(NC(=O)CNc2cc(Cl)cc(Oc3cc(Cl)cc(C#N)c3)c2)c(Cl)c1. The van der Waals surface area contributed by atoms with Crippen LogP contribution in [0.5, 0.6) is 11.5 Å². The molecule has 0 heterocycles. The number of amides is 1. The van der Waals surface area contributed by atoms with Crippen molar-refractivity contribution >= 4 is 61.9 Å². The zero-order valence-electron chi connectivity index (χ0n) is 17.0.